The number of pyridine rings is 1. The van der Waals surface area contributed by atoms with Crippen LogP contribution in [-0.4, -0.2) is 29.0 Å². The van der Waals surface area contributed by atoms with E-state index in [4.69, 9.17) is 5.73 Å². The molecule has 16 heavy (non-hydrogen) atoms. The minimum atomic E-state index is -0.411. The van der Waals surface area contributed by atoms with E-state index in [1.54, 1.807) is 12.3 Å². The zero-order valence-corrected chi connectivity index (χ0v) is 9.39. The highest BCUT2D eigenvalue weighted by atomic mass is 35.5. The average Bonchev–Trinajstić information content (AvgIpc) is 2.65. The van der Waals surface area contributed by atoms with E-state index in [0.29, 0.717) is 12.4 Å². The molecule has 0 radical (unpaired) electrons. The number of anilines is 1. The molecule has 0 bridgehead atoms. The summed E-state index contributed by atoms with van der Waals surface area (Å²) < 4.78 is 0. The first-order valence-electron chi connectivity index (χ1n) is 4.78. The van der Waals surface area contributed by atoms with Crippen molar-refractivity contribution in [1.82, 2.24) is 4.98 Å². The Labute approximate surface area is 99.0 Å². The first-order chi connectivity index (χ1) is 7.18. The summed E-state index contributed by atoms with van der Waals surface area (Å²) in [6.07, 6.45) is 2.42. The highest BCUT2D eigenvalue weighted by Crippen LogP contribution is 2.27. The maximum atomic E-state index is 10.8. The SMILES string of the molecule is Cl.N[C@@H]1CCN(c2ncccc2[N+](=O)[O-])C1. The smallest absolute Gasteiger partial charge is 0.311 e. The molecule has 1 atom stereocenters. The molecule has 1 aromatic rings. The highest BCUT2D eigenvalue weighted by Gasteiger charge is 2.26. The molecule has 0 amide bonds. The molecule has 0 unspecified atom stereocenters. The van der Waals surface area contributed by atoms with Crippen molar-refractivity contribution >= 4 is 23.9 Å². The molecule has 1 saturated heterocycles. The lowest BCUT2D eigenvalue weighted by Gasteiger charge is -2.15. The lowest BCUT2D eigenvalue weighted by Crippen LogP contribution is -2.27. The van der Waals surface area contributed by atoms with Gasteiger partial charge in [0.2, 0.25) is 5.82 Å². The van der Waals surface area contributed by atoms with Crippen LogP contribution in [0.2, 0.25) is 0 Å². The number of rotatable bonds is 2. The van der Waals surface area contributed by atoms with E-state index in [-0.39, 0.29) is 24.1 Å². The van der Waals surface area contributed by atoms with Gasteiger partial charge >= 0.3 is 5.69 Å². The molecule has 7 heteroatoms. The predicted octanol–water partition coefficient (Wildman–Crippen LogP) is 0.949. The molecule has 1 aliphatic rings. The molecule has 1 aromatic heterocycles. The fraction of sp³-hybridized carbons (Fsp3) is 0.444. The molecule has 6 nitrogen and oxygen atoms in total. The van der Waals surface area contributed by atoms with Gasteiger partial charge in [0.15, 0.2) is 0 Å². The van der Waals surface area contributed by atoms with Gasteiger partial charge in [0.1, 0.15) is 0 Å². The molecule has 88 valence electrons. The highest BCUT2D eigenvalue weighted by molar-refractivity contribution is 5.85. The van der Waals surface area contributed by atoms with Crippen molar-refractivity contribution in [2.24, 2.45) is 5.73 Å². The summed E-state index contributed by atoms with van der Waals surface area (Å²) in [5.74, 6) is 0.426. The molecular formula is C9H13ClN4O2. The standard InChI is InChI=1S/C9H12N4O2.ClH/c10-7-3-5-12(6-7)9-8(13(14)15)2-1-4-11-9;/h1-2,4,7H,3,5-6,10H2;1H/t7-;/m1./s1. The summed E-state index contributed by atoms with van der Waals surface area (Å²) >= 11 is 0. The van der Waals surface area contributed by atoms with Gasteiger partial charge in [-0.3, -0.25) is 10.1 Å². The van der Waals surface area contributed by atoms with Crippen molar-refractivity contribution in [3.63, 3.8) is 0 Å². The molecule has 2 rings (SSSR count). The minimum absolute atomic E-state index is 0. The van der Waals surface area contributed by atoms with Crippen molar-refractivity contribution < 1.29 is 4.92 Å². The Bertz CT molecular complexity index is 388. The second kappa shape index (κ2) is 5.09. The lowest BCUT2D eigenvalue weighted by atomic mass is 10.3. The van der Waals surface area contributed by atoms with Gasteiger partial charge in [0.25, 0.3) is 0 Å². The van der Waals surface area contributed by atoms with Gasteiger partial charge in [-0.2, -0.15) is 0 Å². The number of hydrogen-bond donors (Lipinski definition) is 1. The maximum absolute atomic E-state index is 10.8. The molecule has 2 N–H and O–H groups in total. The number of aromatic nitrogens is 1. The minimum Gasteiger partial charge on any atom is -0.349 e. The third kappa shape index (κ3) is 2.40. The zero-order chi connectivity index (χ0) is 10.8. The van der Waals surface area contributed by atoms with Gasteiger partial charge < -0.3 is 10.6 Å². The van der Waals surface area contributed by atoms with E-state index >= 15 is 0 Å². The Morgan fingerprint density at radius 1 is 1.62 bits per heavy atom. The first kappa shape index (κ1) is 12.7. The normalized spacial score (nSPS) is 19.3. The third-order valence-corrected chi connectivity index (χ3v) is 2.49. The molecular weight excluding hydrogens is 232 g/mol. The van der Waals surface area contributed by atoms with Gasteiger partial charge in [0.05, 0.1) is 4.92 Å². The van der Waals surface area contributed by atoms with Crippen LogP contribution in [0.1, 0.15) is 6.42 Å². The largest absolute Gasteiger partial charge is 0.349 e. The van der Waals surface area contributed by atoms with Crippen LogP contribution in [0.4, 0.5) is 11.5 Å². The molecule has 0 aliphatic carbocycles. The Kier molecular flexibility index (Phi) is 4.03. The van der Waals surface area contributed by atoms with Crippen molar-refractivity contribution in [3.8, 4) is 0 Å². The van der Waals surface area contributed by atoms with Crippen LogP contribution in [-0.2, 0) is 0 Å². The Hall–Kier alpha value is -1.40. The predicted molar refractivity (Wildman–Crippen MR) is 62.9 cm³/mol. The van der Waals surface area contributed by atoms with Gasteiger partial charge in [-0.15, -0.1) is 12.4 Å². The zero-order valence-electron chi connectivity index (χ0n) is 8.57. The number of halogens is 1. The summed E-state index contributed by atoms with van der Waals surface area (Å²) in [5, 5.41) is 10.8. The summed E-state index contributed by atoms with van der Waals surface area (Å²) in [6, 6.07) is 3.12. The first-order valence-corrected chi connectivity index (χ1v) is 4.78. The lowest BCUT2D eigenvalue weighted by molar-refractivity contribution is -0.384. The van der Waals surface area contributed by atoms with Crippen LogP contribution in [0.3, 0.4) is 0 Å². The van der Waals surface area contributed by atoms with Crippen LogP contribution in [0, 0.1) is 10.1 Å². The van der Waals surface area contributed by atoms with E-state index in [2.05, 4.69) is 4.98 Å². The van der Waals surface area contributed by atoms with E-state index < -0.39 is 4.92 Å². The quantitative estimate of drug-likeness (QED) is 0.618. The van der Waals surface area contributed by atoms with Gasteiger partial charge in [-0.25, -0.2) is 4.98 Å². The number of nitrogens with zero attached hydrogens (tertiary/aromatic N) is 3. The number of nitrogens with two attached hydrogens (primary N) is 1. The Balaban J connectivity index is 0.00000128. The van der Waals surface area contributed by atoms with Crippen molar-refractivity contribution in [2.75, 3.05) is 18.0 Å². The van der Waals surface area contributed by atoms with E-state index in [1.807, 2.05) is 4.90 Å². The second-order valence-electron chi connectivity index (χ2n) is 3.60. The van der Waals surface area contributed by atoms with Crippen LogP contribution in [0.5, 0.6) is 0 Å². The summed E-state index contributed by atoms with van der Waals surface area (Å²) in [4.78, 5) is 16.3. The summed E-state index contributed by atoms with van der Waals surface area (Å²) in [5.41, 5.74) is 5.80. The molecule has 1 fully saturated rings. The summed E-state index contributed by atoms with van der Waals surface area (Å²) in [7, 11) is 0. The Morgan fingerprint density at radius 2 is 2.38 bits per heavy atom. The van der Waals surface area contributed by atoms with Crippen molar-refractivity contribution in [2.45, 2.75) is 12.5 Å². The van der Waals surface area contributed by atoms with E-state index in [1.165, 1.54) is 6.07 Å². The van der Waals surface area contributed by atoms with Crippen LogP contribution in [0.15, 0.2) is 18.3 Å². The van der Waals surface area contributed by atoms with E-state index in [9.17, 15) is 10.1 Å². The molecule has 1 aliphatic heterocycles. The van der Waals surface area contributed by atoms with E-state index in [0.717, 1.165) is 13.0 Å². The fourth-order valence-corrected chi connectivity index (χ4v) is 1.75. The van der Waals surface area contributed by atoms with Crippen molar-refractivity contribution in [1.29, 1.82) is 0 Å². The van der Waals surface area contributed by atoms with Crippen molar-refractivity contribution in [3.05, 3.63) is 28.4 Å². The number of nitro groups is 1. The molecule has 0 saturated carbocycles. The fourth-order valence-electron chi connectivity index (χ4n) is 1.75. The molecule has 2 heterocycles. The van der Waals surface area contributed by atoms with Gasteiger partial charge in [-0.05, 0) is 12.5 Å². The average molecular weight is 245 g/mol. The monoisotopic (exact) mass is 244 g/mol. The van der Waals surface area contributed by atoms with Crippen LogP contribution < -0.4 is 10.6 Å². The maximum Gasteiger partial charge on any atom is 0.311 e. The molecule has 0 spiro atoms. The summed E-state index contributed by atoms with van der Waals surface area (Å²) in [6.45, 7) is 1.37. The van der Waals surface area contributed by atoms with Crippen LogP contribution in [0.25, 0.3) is 0 Å². The van der Waals surface area contributed by atoms with Gasteiger partial charge in [-0.1, -0.05) is 0 Å². The Morgan fingerprint density at radius 3 is 2.94 bits per heavy atom. The third-order valence-electron chi connectivity index (χ3n) is 2.49. The number of hydrogen-bond acceptors (Lipinski definition) is 5. The van der Waals surface area contributed by atoms with Gasteiger partial charge in [0, 0.05) is 31.4 Å². The second-order valence-corrected chi connectivity index (χ2v) is 3.60. The van der Waals surface area contributed by atoms with Crippen LogP contribution >= 0.6 is 12.4 Å². The molecule has 0 aromatic carbocycles. The topological polar surface area (TPSA) is 85.3 Å².